The Hall–Kier alpha value is -2.09. The predicted octanol–water partition coefficient (Wildman–Crippen LogP) is 0.668. The number of nitrogens with one attached hydrogen (secondary N) is 1. The molecule has 1 aromatic heterocycles. The molecule has 96 valence electrons. The highest BCUT2D eigenvalue weighted by atomic mass is 19.3. The molecule has 0 amide bonds. The SMILES string of the molecule is NCC(F)(F)CNc1nnnn1-c1ccccc1. The van der Waals surface area contributed by atoms with Crippen molar-refractivity contribution in [2.45, 2.75) is 5.92 Å². The van der Waals surface area contributed by atoms with Crippen LogP contribution in [0.3, 0.4) is 0 Å². The van der Waals surface area contributed by atoms with Gasteiger partial charge in [-0.15, -0.1) is 0 Å². The molecule has 0 bridgehead atoms. The van der Waals surface area contributed by atoms with Crippen LogP contribution in [0.25, 0.3) is 5.69 Å². The van der Waals surface area contributed by atoms with Crippen molar-refractivity contribution in [2.75, 3.05) is 18.4 Å². The van der Waals surface area contributed by atoms with E-state index in [-0.39, 0.29) is 5.95 Å². The first-order chi connectivity index (χ1) is 8.62. The molecule has 0 atom stereocenters. The van der Waals surface area contributed by atoms with Crippen molar-refractivity contribution in [1.29, 1.82) is 0 Å². The Morgan fingerprint density at radius 1 is 1.28 bits per heavy atom. The molecule has 1 aromatic carbocycles. The zero-order valence-electron chi connectivity index (χ0n) is 9.42. The number of nitrogens with two attached hydrogens (primary N) is 1. The molecule has 6 nitrogen and oxygen atoms in total. The van der Waals surface area contributed by atoms with Gasteiger partial charge < -0.3 is 11.1 Å². The van der Waals surface area contributed by atoms with Crippen molar-refractivity contribution >= 4 is 5.95 Å². The maximum absolute atomic E-state index is 13.0. The summed E-state index contributed by atoms with van der Waals surface area (Å²) in [5, 5.41) is 13.3. The van der Waals surface area contributed by atoms with Crippen molar-refractivity contribution in [1.82, 2.24) is 20.2 Å². The molecule has 8 heteroatoms. The fourth-order valence-corrected chi connectivity index (χ4v) is 1.32. The van der Waals surface area contributed by atoms with Gasteiger partial charge in [-0.25, -0.2) is 8.78 Å². The summed E-state index contributed by atoms with van der Waals surface area (Å²) in [5.41, 5.74) is 5.63. The summed E-state index contributed by atoms with van der Waals surface area (Å²) in [6, 6.07) is 8.97. The highest BCUT2D eigenvalue weighted by molar-refractivity contribution is 5.38. The maximum Gasteiger partial charge on any atom is 0.277 e. The Balaban J connectivity index is 2.14. The third-order valence-electron chi connectivity index (χ3n) is 2.27. The van der Waals surface area contributed by atoms with Crippen LogP contribution in [0.5, 0.6) is 0 Å². The average Bonchev–Trinajstić information content (AvgIpc) is 2.86. The molecule has 2 rings (SSSR count). The fraction of sp³-hybridized carbons (Fsp3) is 0.300. The number of aromatic nitrogens is 4. The number of benzene rings is 1. The largest absolute Gasteiger partial charge is 0.347 e. The molecule has 0 fully saturated rings. The molecule has 1 heterocycles. The molecule has 0 aliphatic carbocycles. The summed E-state index contributed by atoms with van der Waals surface area (Å²) in [5.74, 6) is -2.85. The Bertz CT molecular complexity index is 498. The van der Waals surface area contributed by atoms with E-state index in [1.54, 1.807) is 24.3 Å². The van der Waals surface area contributed by atoms with Gasteiger partial charge >= 0.3 is 0 Å². The minimum Gasteiger partial charge on any atom is -0.347 e. The first-order valence-corrected chi connectivity index (χ1v) is 5.28. The second kappa shape index (κ2) is 5.05. The summed E-state index contributed by atoms with van der Waals surface area (Å²) in [4.78, 5) is 0. The molecule has 0 aliphatic heterocycles. The number of anilines is 1. The standard InChI is InChI=1S/C10H12F2N6/c11-10(12,6-13)7-14-9-15-16-17-18(9)8-4-2-1-3-5-8/h1-5H,6-7,13H2,(H,14,15,17). The van der Waals surface area contributed by atoms with Gasteiger partial charge in [-0.05, 0) is 22.6 Å². The van der Waals surface area contributed by atoms with E-state index in [0.717, 1.165) is 0 Å². The van der Waals surface area contributed by atoms with Crippen LogP contribution in [0.2, 0.25) is 0 Å². The molecule has 0 unspecified atom stereocenters. The smallest absolute Gasteiger partial charge is 0.277 e. The number of alkyl halides is 2. The van der Waals surface area contributed by atoms with Gasteiger partial charge in [0.25, 0.3) is 5.92 Å². The van der Waals surface area contributed by atoms with E-state index in [9.17, 15) is 8.78 Å². The number of rotatable bonds is 5. The number of hydrogen-bond acceptors (Lipinski definition) is 5. The van der Waals surface area contributed by atoms with Gasteiger partial charge in [0.15, 0.2) is 0 Å². The van der Waals surface area contributed by atoms with Crippen molar-refractivity contribution in [2.24, 2.45) is 5.73 Å². The number of halogens is 2. The Kier molecular flexibility index (Phi) is 3.47. The van der Waals surface area contributed by atoms with E-state index in [2.05, 4.69) is 20.8 Å². The van der Waals surface area contributed by atoms with Gasteiger partial charge in [0.05, 0.1) is 18.8 Å². The van der Waals surface area contributed by atoms with Crippen molar-refractivity contribution in [3.05, 3.63) is 30.3 Å². The molecular weight excluding hydrogens is 242 g/mol. The van der Waals surface area contributed by atoms with Crippen LogP contribution in [0.4, 0.5) is 14.7 Å². The highest BCUT2D eigenvalue weighted by Gasteiger charge is 2.27. The molecule has 3 N–H and O–H groups in total. The zero-order valence-corrected chi connectivity index (χ0v) is 9.42. The topological polar surface area (TPSA) is 81.7 Å². The van der Waals surface area contributed by atoms with Crippen LogP contribution in [-0.4, -0.2) is 39.2 Å². The van der Waals surface area contributed by atoms with E-state index >= 15 is 0 Å². The summed E-state index contributed by atoms with van der Waals surface area (Å²) >= 11 is 0. The van der Waals surface area contributed by atoms with Crippen molar-refractivity contribution in [3.63, 3.8) is 0 Å². The fourth-order valence-electron chi connectivity index (χ4n) is 1.32. The quantitative estimate of drug-likeness (QED) is 0.819. The maximum atomic E-state index is 13.0. The summed E-state index contributed by atoms with van der Waals surface area (Å²) < 4.78 is 27.4. The molecule has 2 aromatic rings. The van der Waals surface area contributed by atoms with Gasteiger partial charge in [-0.3, -0.25) is 0 Å². The summed E-state index contributed by atoms with van der Waals surface area (Å²) in [7, 11) is 0. The lowest BCUT2D eigenvalue weighted by Gasteiger charge is -2.14. The van der Waals surface area contributed by atoms with Gasteiger partial charge in [0.1, 0.15) is 0 Å². The van der Waals surface area contributed by atoms with Crippen LogP contribution in [0.1, 0.15) is 0 Å². The Labute approximate surface area is 102 Å². The van der Waals surface area contributed by atoms with Crippen LogP contribution in [0.15, 0.2) is 30.3 Å². The van der Waals surface area contributed by atoms with E-state index in [1.807, 2.05) is 6.07 Å². The average molecular weight is 254 g/mol. The zero-order chi connectivity index (χ0) is 13.0. The van der Waals surface area contributed by atoms with Gasteiger partial charge in [-0.2, -0.15) is 4.68 Å². The second-order valence-corrected chi connectivity index (χ2v) is 3.66. The predicted molar refractivity (Wildman–Crippen MR) is 61.6 cm³/mol. The molecule has 0 saturated heterocycles. The highest BCUT2D eigenvalue weighted by Crippen LogP contribution is 2.14. The molecule has 0 spiro atoms. The van der Waals surface area contributed by atoms with E-state index < -0.39 is 19.0 Å². The lowest BCUT2D eigenvalue weighted by atomic mass is 10.3. The van der Waals surface area contributed by atoms with Crippen LogP contribution in [0, 0.1) is 0 Å². The van der Waals surface area contributed by atoms with E-state index in [0.29, 0.717) is 5.69 Å². The lowest BCUT2D eigenvalue weighted by Crippen LogP contribution is -2.35. The number of nitrogens with zero attached hydrogens (tertiary/aromatic N) is 4. The molecular formula is C10H12F2N6. The first kappa shape index (κ1) is 12.4. The third-order valence-corrected chi connectivity index (χ3v) is 2.27. The summed E-state index contributed by atoms with van der Waals surface area (Å²) in [6.07, 6.45) is 0. The van der Waals surface area contributed by atoms with Crippen molar-refractivity contribution < 1.29 is 8.78 Å². The van der Waals surface area contributed by atoms with Crippen LogP contribution in [-0.2, 0) is 0 Å². The van der Waals surface area contributed by atoms with Crippen molar-refractivity contribution in [3.8, 4) is 5.69 Å². The first-order valence-electron chi connectivity index (χ1n) is 5.28. The minimum atomic E-state index is -2.99. The van der Waals surface area contributed by atoms with E-state index in [1.165, 1.54) is 4.68 Å². The number of hydrogen-bond donors (Lipinski definition) is 2. The van der Waals surface area contributed by atoms with Gasteiger partial charge in [-0.1, -0.05) is 23.3 Å². The number of para-hydroxylation sites is 1. The normalized spacial score (nSPS) is 11.5. The Morgan fingerprint density at radius 3 is 2.67 bits per heavy atom. The minimum absolute atomic E-state index is 0.148. The van der Waals surface area contributed by atoms with E-state index in [4.69, 9.17) is 5.73 Å². The van der Waals surface area contributed by atoms with Gasteiger partial charge in [0.2, 0.25) is 5.95 Å². The van der Waals surface area contributed by atoms with Crippen LogP contribution >= 0.6 is 0 Å². The molecule has 0 aliphatic rings. The Morgan fingerprint density at radius 2 is 2.00 bits per heavy atom. The number of tetrazole rings is 1. The third kappa shape index (κ3) is 2.77. The van der Waals surface area contributed by atoms with Gasteiger partial charge in [0, 0.05) is 0 Å². The lowest BCUT2D eigenvalue weighted by molar-refractivity contribution is 0.0252. The second-order valence-electron chi connectivity index (χ2n) is 3.66. The molecule has 0 saturated carbocycles. The summed E-state index contributed by atoms with van der Waals surface area (Å²) in [6.45, 7) is -1.34. The molecule has 18 heavy (non-hydrogen) atoms. The van der Waals surface area contributed by atoms with Crippen LogP contribution < -0.4 is 11.1 Å². The molecule has 0 radical (unpaired) electrons. The monoisotopic (exact) mass is 254 g/mol.